The van der Waals surface area contributed by atoms with Crippen molar-refractivity contribution < 1.29 is 13.2 Å². The molecule has 1 unspecified atom stereocenters. The van der Waals surface area contributed by atoms with Crippen LogP contribution in [0.15, 0.2) is 22.6 Å². The van der Waals surface area contributed by atoms with Crippen LogP contribution in [0, 0.1) is 0 Å². The van der Waals surface area contributed by atoms with Gasteiger partial charge in [0, 0.05) is 24.4 Å². The third-order valence-electron chi connectivity index (χ3n) is 4.70. The zero-order chi connectivity index (χ0) is 19.5. The van der Waals surface area contributed by atoms with Gasteiger partial charge in [0.05, 0.1) is 5.25 Å². The molecule has 0 heterocycles. The zero-order valence-electron chi connectivity index (χ0n) is 17.0. The number of carbonyl (C=O) groups is 1. The van der Waals surface area contributed by atoms with Crippen molar-refractivity contribution in [3.63, 3.8) is 0 Å². The van der Waals surface area contributed by atoms with Gasteiger partial charge in [0.2, 0.25) is 5.91 Å². The highest BCUT2D eigenvalue weighted by molar-refractivity contribution is 7.95. The first-order valence-electron chi connectivity index (χ1n) is 9.60. The maximum atomic E-state index is 12.6. The number of carbonyl (C=O) groups excluding carboxylic acids is 1. The summed E-state index contributed by atoms with van der Waals surface area (Å²) in [6.45, 7) is 12.7. The maximum absolute atomic E-state index is 12.6. The van der Waals surface area contributed by atoms with Gasteiger partial charge in [0.25, 0.3) is 0 Å². The highest BCUT2D eigenvalue weighted by Gasteiger charge is 2.23. The molecule has 0 aromatic carbocycles. The van der Waals surface area contributed by atoms with Gasteiger partial charge >= 0.3 is 0 Å². The van der Waals surface area contributed by atoms with Crippen LogP contribution in [0.5, 0.6) is 0 Å². The monoisotopic (exact) mass is 371 g/mol. The molecule has 0 aromatic rings. The van der Waals surface area contributed by atoms with Crippen LogP contribution in [0.2, 0.25) is 0 Å². The Morgan fingerprint density at radius 2 is 1.68 bits per heavy atom. The molecule has 4 nitrogen and oxygen atoms in total. The number of amides is 1. The van der Waals surface area contributed by atoms with Gasteiger partial charge < -0.3 is 4.90 Å². The summed E-state index contributed by atoms with van der Waals surface area (Å²) in [5.41, 5.74) is 1.35. The highest BCUT2D eigenvalue weighted by Crippen LogP contribution is 2.18. The smallest absolute Gasteiger partial charge is 0.222 e. The van der Waals surface area contributed by atoms with E-state index in [0.717, 1.165) is 19.3 Å². The van der Waals surface area contributed by atoms with Crippen molar-refractivity contribution in [2.75, 3.05) is 13.1 Å². The van der Waals surface area contributed by atoms with Crippen molar-refractivity contribution in [1.82, 2.24) is 4.90 Å². The molecule has 5 heteroatoms. The van der Waals surface area contributed by atoms with E-state index in [-0.39, 0.29) is 5.91 Å². The number of sulfone groups is 1. The number of rotatable bonds is 12. The quantitative estimate of drug-likeness (QED) is 0.460. The topological polar surface area (TPSA) is 54.5 Å². The SMILES string of the molecule is CCCC(=O)N(CC)CCC(C)S(=O)(=O)C(C)=CCC=C(CC)CC. The largest absolute Gasteiger partial charge is 0.343 e. The highest BCUT2D eigenvalue weighted by atomic mass is 32.2. The molecule has 0 aromatic heterocycles. The molecule has 0 aliphatic rings. The third kappa shape index (κ3) is 8.21. The molecule has 0 aliphatic carbocycles. The number of allylic oxidation sites excluding steroid dienone is 4. The summed E-state index contributed by atoms with van der Waals surface area (Å²) < 4.78 is 25.3. The van der Waals surface area contributed by atoms with E-state index in [4.69, 9.17) is 0 Å². The summed E-state index contributed by atoms with van der Waals surface area (Å²) in [7, 11) is -3.30. The summed E-state index contributed by atoms with van der Waals surface area (Å²) in [4.78, 5) is 14.2. The van der Waals surface area contributed by atoms with Crippen LogP contribution >= 0.6 is 0 Å². The van der Waals surface area contributed by atoms with Crippen LogP contribution < -0.4 is 0 Å². The lowest BCUT2D eigenvalue weighted by atomic mass is 10.1. The van der Waals surface area contributed by atoms with E-state index in [0.29, 0.717) is 37.3 Å². The van der Waals surface area contributed by atoms with Crippen LogP contribution in [0.4, 0.5) is 0 Å². The Morgan fingerprint density at radius 1 is 1.08 bits per heavy atom. The van der Waals surface area contributed by atoms with Crippen molar-refractivity contribution in [1.29, 1.82) is 0 Å². The molecule has 0 radical (unpaired) electrons. The average molecular weight is 372 g/mol. The van der Waals surface area contributed by atoms with Crippen molar-refractivity contribution in [3.8, 4) is 0 Å². The second kappa shape index (κ2) is 12.3. The maximum Gasteiger partial charge on any atom is 0.222 e. The van der Waals surface area contributed by atoms with E-state index in [1.165, 1.54) is 5.57 Å². The summed E-state index contributed by atoms with van der Waals surface area (Å²) in [5.74, 6) is 0.110. The van der Waals surface area contributed by atoms with Gasteiger partial charge in [0.1, 0.15) is 0 Å². The van der Waals surface area contributed by atoms with Crippen molar-refractivity contribution >= 4 is 15.7 Å². The zero-order valence-corrected chi connectivity index (χ0v) is 17.8. The Labute approximate surface area is 155 Å². The van der Waals surface area contributed by atoms with Gasteiger partial charge in [0.15, 0.2) is 9.84 Å². The Bertz CT molecular complexity index is 555. The minimum Gasteiger partial charge on any atom is -0.343 e. The first kappa shape index (κ1) is 23.9. The molecule has 146 valence electrons. The fourth-order valence-corrected chi connectivity index (χ4v) is 4.07. The summed E-state index contributed by atoms with van der Waals surface area (Å²) in [6, 6.07) is 0. The van der Waals surface area contributed by atoms with E-state index in [1.54, 1.807) is 24.8 Å². The van der Waals surface area contributed by atoms with Gasteiger partial charge in [-0.15, -0.1) is 0 Å². The van der Waals surface area contributed by atoms with Crippen LogP contribution in [0.25, 0.3) is 0 Å². The lowest BCUT2D eigenvalue weighted by Gasteiger charge is -2.23. The van der Waals surface area contributed by atoms with Crippen LogP contribution in [0.3, 0.4) is 0 Å². The lowest BCUT2D eigenvalue weighted by molar-refractivity contribution is -0.131. The van der Waals surface area contributed by atoms with Crippen LogP contribution in [-0.4, -0.2) is 37.6 Å². The second-order valence-electron chi connectivity index (χ2n) is 6.49. The number of nitrogens with zero attached hydrogens (tertiary/aromatic N) is 1. The standard InChI is InChI=1S/C20H37NO3S/c1-7-12-20(22)21(10-4)16-15-18(6)25(23,24)17(5)13-11-14-19(8-2)9-3/h13-14,18H,7-12,15-16H2,1-6H3. The Kier molecular flexibility index (Phi) is 11.7. The summed E-state index contributed by atoms with van der Waals surface area (Å²) in [6.07, 6.45) is 8.40. The van der Waals surface area contributed by atoms with Crippen molar-refractivity contribution in [2.24, 2.45) is 0 Å². The third-order valence-corrected chi connectivity index (χ3v) is 7.06. The molecule has 0 rings (SSSR count). The van der Waals surface area contributed by atoms with E-state index >= 15 is 0 Å². The Hall–Kier alpha value is -1.10. The minimum atomic E-state index is -3.30. The van der Waals surface area contributed by atoms with Gasteiger partial charge in [-0.05, 0) is 52.9 Å². The Morgan fingerprint density at radius 3 is 2.16 bits per heavy atom. The first-order valence-corrected chi connectivity index (χ1v) is 11.1. The van der Waals surface area contributed by atoms with Gasteiger partial charge in [-0.2, -0.15) is 0 Å². The van der Waals surface area contributed by atoms with Crippen LogP contribution in [-0.2, 0) is 14.6 Å². The molecule has 1 atom stereocenters. The molecular weight excluding hydrogens is 334 g/mol. The average Bonchev–Trinajstić information content (AvgIpc) is 2.58. The van der Waals surface area contributed by atoms with E-state index < -0.39 is 15.1 Å². The van der Waals surface area contributed by atoms with Gasteiger partial charge in [-0.25, -0.2) is 8.42 Å². The second-order valence-corrected chi connectivity index (χ2v) is 9.03. The molecule has 0 bridgehead atoms. The van der Waals surface area contributed by atoms with E-state index in [1.807, 2.05) is 13.8 Å². The fourth-order valence-electron chi connectivity index (χ4n) is 2.69. The predicted molar refractivity (Wildman–Crippen MR) is 107 cm³/mol. The lowest BCUT2D eigenvalue weighted by Crippen LogP contribution is -2.34. The summed E-state index contributed by atoms with van der Waals surface area (Å²) >= 11 is 0. The molecular formula is C20H37NO3S. The molecule has 0 N–H and O–H groups in total. The normalized spacial score (nSPS) is 13.4. The molecule has 0 spiro atoms. The van der Waals surface area contributed by atoms with E-state index in [9.17, 15) is 13.2 Å². The van der Waals surface area contributed by atoms with Gasteiger partial charge in [-0.3, -0.25) is 4.79 Å². The minimum absolute atomic E-state index is 0.110. The number of hydrogen-bond donors (Lipinski definition) is 0. The van der Waals surface area contributed by atoms with Crippen molar-refractivity contribution in [2.45, 2.75) is 85.3 Å². The number of hydrogen-bond acceptors (Lipinski definition) is 3. The van der Waals surface area contributed by atoms with Gasteiger partial charge in [-0.1, -0.05) is 38.5 Å². The molecule has 0 aliphatic heterocycles. The summed E-state index contributed by atoms with van der Waals surface area (Å²) in [5, 5.41) is -0.479. The molecule has 25 heavy (non-hydrogen) atoms. The molecule has 1 amide bonds. The molecule has 0 fully saturated rings. The van der Waals surface area contributed by atoms with E-state index in [2.05, 4.69) is 19.9 Å². The Balaban J connectivity index is 4.84. The van der Waals surface area contributed by atoms with Crippen molar-refractivity contribution in [3.05, 3.63) is 22.6 Å². The molecule has 0 saturated heterocycles. The van der Waals surface area contributed by atoms with Crippen LogP contribution in [0.1, 0.15) is 80.1 Å². The fraction of sp³-hybridized carbons (Fsp3) is 0.750. The predicted octanol–water partition coefficient (Wildman–Crippen LogP) is 4.87. The first-order chi connectivity index (χ1) is 11.7. The molecule has 0 saturated carbocycles.